The lowest BCUT2D eigenvalue weighted by Crippen LogP contribution is -2.46. The van der Waals surface area contributed by atoms with E-state index in [0.717, 1.165) is 0 Å². The first-order valence-corrected chi connectivity index (χ1v) is 10.2. The zero-order chi connectivity index (χ0) is 19.4. The van der Waals surface area contributed by atoms with Crippen molar-refractivity contribution >= 4 is 15.9 Å². The first kappa shape index (κ1) is 20.7. The van der Waals surface area contributed by atoms with E-state index in [1.54, 1.807) is 31.4 Å². The number of hydrogen-bond acceptors (Lipinski definition) is 5. The topological polar surface area (TPSA) is 79.0 Å². The molecule has 1 saturated heterocycles. The molecule has 1 N–H and O–H groups in total. The molecule has 26 heavy (non-hydrogen) atoms. The molecule has 1 fully saturated rings. The Morgan fingerprint density at radius 1 is 1.12 bits per heavy atom. The third kappa shape index (κ3) is 5.69. The van der Waals surface area contributed by atoms with Gasteiger partial charge in [-0.15, -0.1) is 0 Å². The molecule has 1 aliphatic rings. The summed E-state index contributed by atoms with van der Waals surface area (Å²) in [6, 6.07) is 6.42. The van der Waals surface area contributed by atoms with Gasteiger partial charge in [-0.2, -0.15) is 4.31 Å². The summed E-state index contributed by atoms with van der Waals surface area (Å²) < 4.78 is 32.3. The molecule has 0 saturated carbocycles. The van der Waals surface area contributed by atoms with Crippen molar-refractivity contribution in [1.82, 2.24) is 14.5 Å². The summed E-state index contributed by atoms with van der Waals surface area (Å²) in [5.41, 5.74) is -0.271. The van der Waals surface area contributed by atoms with Crippen molar-refractivity contribution in [3.63, 3.8) is 0 Å². The van der Waals surface area contributed by atoms with E-state index < -0.39 is 10.0 Å². The maximum absolute atomic E-state index is 12.8. The van der Waals surface area contributed by atoms with Crippen LogP contribution in [0.2, 0.25) is 0 Å². The molecule has 1 heterocycles. The van der Waals surface area contributed by atoms with Gasteiger partial charge in [0.05, 0.1) is 18.6 Å². The molecule has 0 radical (unpaired) electrons. The van der Waals surface area contributed by atoms with Crippen molar-refractivity contribution < 1.29 is 17.9 Å². The van der Waals surface area contributed by atoms with Gasteiger partial charge in [-0.1, -0.05) is 0 Å². The number of amides is 1. The van der Waals surface area contributed by atoms with Crippen LogP contribution in [0.1, 0.15) is 27.2 Å². The van der Waals surface area contributed by atoms with Gasteiger partial charge < -0.3 is 10.1 Å². The van der Waals surface area contributed by atoms with Crippen LogP contribution in [-0.2, 0) is 14.8 Å². The third-order valence-electron chi connectivity index (χ3n) is 4.13. The van der Waals surface area contributed by atoms with E-state index in [2.05, 4.69) is 5.32 Å². The van der Waals surface area contributed by atoms with Crippen LogP contribution in [0.15, 0.2) is 29.2 Å². The van der Waals surface area contributed by atoms with E-state index in [1.807, 2.05) is 25.7 Å². The summed E-state index contributed by atoms with van der Waals surface area (Å²) in [6.45, 7) is 8.17. The fourth-order valence-corrected chi connectivity index (χ4v) is 4.37. The molecule has 1 aromatic rings. The largest absolute Gasteiger partial charge is 0.497 e. The molecule has 1 aliphatic heterocycles. The van der Waals surface area contributed by atoms with Gasteiger partial charge in [0, 0.05) is 25.2 Å². The highest BCUT2D eigenvalue weighted by atomic mass is 32.2. The number of benzene rings is 1. The quantitative estimate of drug-likeness (QED) is 0.829. The minimum Gasteiger partial charge on any atom is -0.497 e. The van der Waals surface area contributed by atoms with Gasteiger partial charge in [0.1, 0.15) is 5.75 Å². The number of rotatable bonds is 5. The summed E-state index contributed by atoms with van der Waals surface area (Å²) in [5.74, 6) is 0.583. The molecule has 2 rings (SSSR count). The Bertz CT molecular complexity index is 711. The average Bonchev–Trinajstić information content (AvgIpc) is 2.79. The highest BCUT2D eigenvalue weighted by molar-refractivity contribution is 7.89. The van der Waals surface area contributed by atoms with Crippen LogP contribution in [-0.4, -0.2) is 68.9 Å². The Morgan fingerprint density at radius 3 is 2.35 bits per heavy atom. The summed E-state index contributed by atoms with van der Waals surface area (Å²) in [4.78, 5) is 14.4. The van der Waals surface area contributed by atoms with Crippen molar-refractivity contribution in [3.05, 3.63) is 24.3 Å². The number of ether oxygens (including phenoxy) is 1. The minimum absolute atomic E-state index is 0.0380. The molecular formula is C18H29N3O4S. The normalized spacial score (nSPS) is 17.5. The molecule has 8 heteroatoms. The monoisotopic (exact) mass is 383 g/mol. The summed E-state index contributed by atoms with van der Waals surface area (Å²) >= 11 is 0. The van der Waals surface area contributed by atoms with Gasteiger partial charge in [0.15, 0.2) is 0 Å². The molecule has 1 aromatic carbocycles. The number of carbonyl (C=O) groups is 1. The summed E-state index contributed by atoms with van der Waals surface area (Å²) in [6.07, 6.45) is 0.693. The Balaban J connectivity index is 1.99. The molecule has 0 spiro atoms. The predicted molar refractivity (Wildman–Crippen MR) is 101 cm³/mol. The fourth-order valence-electron chi connectivity index (χ4n) is 2.90. The summed E-state index contributed by atoms with van der Waals surface area (Å²) in [7, 11) is -2.00. The molecule has 146 valence electrons. The van der Waals surface area contributed by atoms with Gasteiger partial charge in [0.2, 0.25) is 15.9 Å². The van der Waals surface area contributed by atoms with Crippen LogP contribution in [0, 0.1) is 0 Å². The Labute approximate surface area is 156 Å². The van der Waals surface area contributed by atoms with Gasteiger partial charge >= 0.3 is 0 Å². The zero-order valence-corrected chi connectivity index (χ0v) is 16.8. The number of methoxy groups -OCH3 is 1. The lowest BCUT2D eigenvalue weighted by atomic mass is 10.1. The minimum atomic E-state index is -3.54. The fraction of sp³-hybridized carbons (Fsp3) is 0.611. The lowest BCUT2D eigenvalue weighted by molar-refractivity contribution is -0.123. The van der Waals surface area contributed by atoms with Crippen LogP contribution >= 0.6 is 0 Å². The average molecular weight is 384 g/mol. The standard InChI is InChI=1S/C18H29N3O4S/c1-18(2,3)19-17(22)14-20-10-5-11-21(13-12-20)26(23,24)16-8-6-15(25-4)7-9-16/h6-9H,5,10-14H2,1-4H3,(H,19,22). The Hall–Kier alpha value is -1.64. The third-order valence-corrected chi connectivity index (χ3v) is 6.04. The smallest absolute Gasteiger partial charge is 0.243 e. The Kier molecular flexibility index (Phi) is 6.65. The zero-order valence-electron chi connectivity index (χ0n) is 16.0. The number of carbonyl (C=O) groups excluding carboxylic acids is 1. The van der Waals surface area contributed by atoms with E-state index in [9.17, 15) is 13.2 Å². The van der Waals surface area contributed by atoms with Crippen molar-refractivity contribution in [1.29, 1.82) is 0 Å². The van der Waals surface area contributed by atoms with Crippen LogP contribution in [0.25, 0.3) is 0 Å². The molecule has 0 atom stereocenters. The first-order valence-electron chi connectivity index (χ1n) is 8.79. The van der Waals surface area contributed by atoms with E-state index >= 15 is 0 Å². The van der Waals surface area contributed by atoms with Gasteiger partial charge in [-0.3, -0.25) is 9.69 Å². The number of sulfonamides is 1. The van der Waals surface area contributed by atoms with Crippen molar-refractivity contribution in [2.75, 3.05) is 39.8 Å². The van der Waals surface area contributed by atoms with E-state index in [-0.39, 0.29) is 22.9 Å². The van der Waals surface area contributed by atoms with Crippen LogP contribution in [0.3, 0.4) is 0 Å². The maximum Gasteiger partial charge on any atom is 0.243 e. The summed E-state index contributed by atoms with van der Waals surface area (Å²) in [5, 5.41) is 2.94. The van der Waals surface area contributed by atoms with Crippen LogP contribution in [0.4, 0.5) is 0 Å². The second-order valence-electron chi connectivity index (χ2n) is 7.51. The molecular weight excluding hydrogens is 354 g/mol. The molecule has 0 aromatic heterocycles. The second kappa shape index (κ2) is 8.37. The highest BCUT2D eigenvalue weighted by Gasteiger charge is 2.27. The highest BCUT2D eigenvalue weighted by Crippen LogP contribution is 2.20. The molecule has 0 aliphatic carbocycles. The maximum atomic E-state index is 12.8. The molecule has 0 bridgehead atoms. The van der Waals surface area contributed by atoms with E-state index in [1.165, 1.54) is 4.31 Å². The van der Waals surface area contributed by atoms with E-state index in [4.69, 9.17) is 4.74 Å². The number of nitrogens with zero attached hydrogens (tertiary/aromatic N) is 2. The van der Waals surface area contributed by atoms with Gasteiger partial charge in [-0.25, -0.2) is 8.42 Å². The predicted octanol–water partition coefficient (Wildman–Crippen LogP) is 1.31. The number of hydrogen-bond donors (Lipinski definition) is 1. The number of nitrogens with one attached hydrogen (secondary N) is 1. The molecule has 0 unspecified atom stereocenters. The van der Waals surface area contributed by atoms with Crippen molar-refractivity contribution in [3.8, 4) is 5.75 Å². The van der Waals surface area contributed by atoms with Crippen LogP contribution in [0.5, 0.6) is 5.75 Å². The van der Waals surface area contributed by atoms with E-state index in [0.29, 0.717) is 38.3 Å². The Morgan fingerprint density at radius 2 is 1.77 bits per heavy atom. The molecule has 7 nitrogen and oxygen atoms in total. The van der Waals surface area contributed by atoms with Gasteiger partial charge in [-0.05, 0) is 58.0 Å². The van der Waals surface area contributed by atoms with Crippen LogP contribution < -0.4 is 10.1 Å². The van der Waals surface area contributed by atoms with Crippen molar-refractivity contribution in [2.45, 2.75) is 37.6 Å². The second-order valence-corrected chi connectivity index (χ2v) is 9.45. The van der Waals surface area contributed by atoms with Gasteiger partial charge in [0.25, 0.3) is 0 Å². The SMILES string of the molecule is COc1ccc(S(=O)(=O)N2CCCN(CC(=O)NC(C)(C)C)CC2)cc1. The lowest BCUT2D eigenvalue weighted by Gasteiger charge is -2.25. The molecule has 1 amide bonds. The van der Waals surface area contributed by atoms with Crippen molar-refractivity contribution in [2.24, 2.45) is 0 Å². The first-order chi connectivity index (χ1) is 12.1.